The molecule has 5 nitrogen and oxygen atoms in total. The Hall–Kier alpha value is -2.96. The number of aromatic hydroxyl groups is 1. The molecule has 2 rings (SSSR count). The largest absolute Gasteiger partial charge is 0.507 e. The molecule has 3 N–H and O–H groups in total. The van der Waals surface area contributed by atoms with Crippen molar-refractivity contribution >= 4 is 17.6 Å². The summed E-state index contributed by atoms with van der Waals surface area (Å²) in [7, 11) is 0. The lowest BCUT2D eigenvalue weighted by Gasteiger charge is -2.09. The van der Waals surface area contributed by atoms with Crippen molar-refractivity contribution in [2.75, 3.05) is 5.32 Å². The molecule has 0 atom stereocenters. The molecule has 0 aliphatic heterocycles. The van der Waals surface area contributed by atoms with Crippen molar-refractivity contribution in [3.8, 4) is 5.75 Å². The Kier molecular flexibility index (Phi) is 3.84. The number of carbonyl (C=O) groups excluding carboxylic acids is 1. The number of phenolic OH excluding ortho intramolecular Hbond substituents is 1. The summed E-state index contributed by atoms with van der Waals surface area (Å²) < 4.78 is 26.2. The lowest BCUT2D eigenvalue weighted by molar-refractivity contribution is 0.0698. The minimum Gasteiger partial charge on any atom is -0.507 e. The van der Waals surface area contributed by atoms with Gasteiger partial charge in [-0.25, -0.2) is 13.6 Å². The van der Waals surface area contributed by atoms with Crippen LogP contribution in [-0.2, 0) is 0 Å². The molecule has 0 spiro atoms. The Morgan fingerprint density at radius 3 is 2.24 bits per heavy atom. The Morgan fingerprint density at radius 1 is 0.952 bits per heavy atom. The van der Waals surface area contributed by atoms with Gasteiger partial charge in [0.15, 0.2) is 0 Å². The van der Waals surface area contributed by atoms with Gasteiger partial charge in [0.25, 0.3) is 5.91 Å². The summed E-state index contributed by atoms with van der Waals surface area (Å²) in [4.78, 5) is 22.9. The van der Waals surface area contributed by atoms with Crippen LogP contribution in [0.25, 0.3) is 0 Å². The maximum atomic E-state index is 13.2. The molecule has 0 heterocycles. The molecule has 0 radical (unpaired) electrons. The average Bonchev–Trinajstić information content (AvgIpc) is 2.41. The van der Waals surface area contributed by atoms with E-state index in [9.17, 15) is 23.5 Å². The first-order valence-corrected chi connectivity index (χ1v) is 5.71. The summed E-state index contributed by atoms with van der Waals surface area (Å²) >= 11 is 0. The quantitative estimate of drug-likeness (QED) is 0.812. The SMILES string of the molecule is O=C(Nc1cc(F)ccc1C(=O)O)c1cc(F)ccc1O. The lowest BCUT2D eigenvalue weighted by atomic mass is 10.1. The number of hydrogen-bond donors (Lipinski definition) is 3. The van der Waals surface area contributed by atoms with E-state index in [1.807, 2.05) is 0 Å². The summed E-state index contributed by atoms with van der Waals surface area (Å²) in [6.07, 6.45) is 0. The highest BCUT2D eigenvalue weighted by molar-refractivity contribution is 6.09. The molecule has 0 aromatic heterocycles. The molecule has 0 aliphatic carbocycles. The molecule has 0 saturated carbocycles. The molecule has 108 valence electrons. The molecule has 7 heteroatoms. The van der Waals surface area contributed by atoms with E-state index >= 15 is 0 Å². The number of halogens is 2. The zero-order valence-corrected chi connectivity index (χ0v) is 10.4. The highest BCUT2D eigenvalue weighted by Gasteiger charge is 2.17. The van der Waals surface area contributed by atoms with Gasteiger partial charge in [0, 0.05) is 0 Å². The van der Waals surface area contributed by atoms with Crippen molar-refractivity contribution in [2.45, 2.75) is 0 Å². The van der Waals surface area contributed by atoms with Crippen molar-refractivity contribution in [1.29, 1.82) is 0 Å². The van der Waals surface area contributed by atoms with Gasteiger partial charge in [-0.3, -0.25) is 4.79 Å². The zero-order valence-electron chi connectivity index (χ0n) is 10.4. The number of aromatic carboxylic acids is 1. The van der Waals surface area contributed by atoms with Crippen LogP contribution < -0.4 is 5.32 Å². The molecule has 1 amide bonds. The standard InChI is InChI=1S/C14H9F2NO4/c15-7-2-4-12(18)10(5-7)13(19)17-11-6-8(16)1-3-9(11)14(20)21/h1-6,18H,(H,17,19)(H,20,21). The Labute approximate surface area is 117 Å². The number of anilines is 1. The number of rotatable bonds is 3. The van der Waals surface area contributed by atoms with Gasteiger partial charge in [0.1, 0.15) is 17.4 Å². The number of carboxylic acids is 1. The maximum Gasteiger partial charge on any atom is 0.337 e. The van der Waals surface area contributed by atoms with E-state index in [2.05, 4.69) is 5.32 Å². The van der Waals surface area contributed by atoms with Gasteiger partial charge in [-0.15, -0.1) is 0 Å². The van der Waals surface area contributed by atoms with Crippen LogP contribution in [0.1, 0.15) is 20.7 Å². The van der Waals surface area contributed by atoms with Crippen LogP contribution in [-0.4, -0.2) is 22.1 Å². The number of amides is 1. The fraction of sp³-hybridized carbons (Fsp3) is 0. The first-order valence-electron chi connectivity index (χ1n) is 5.71. The van der Waals surface area contributed by atoms with Crippen LogP contribution in [0.5, 0.6) is 5.75 Å². The number of benzene rings is 2. The van der Waals surface area contributed by atoms with Crippen molar-refractivity contribution in [3.63, 3.8) is 0 Å². The van der Waals surface area contributed by atoms with Gasteiger partial charge >= 0.3 is 5.97 Å². The molecular formula is C14H9F2NO4. The van der Waals surface area contributed by atoms with Crippen LogP contribution in [0.15, 0.2) is 36.4 Å². The Balaban J connectivity index is 2.38. The van der Waals surface area contributed by atoms with E-state index in [0.29, 0.717) is 0 Å². The summed E-state index contributed by atoms with van der Waals surface area (Å²) in [6.45, 7) is 0. The zero-order chi connectivity index (χ0) is 15.6. The number of nitrogens with one attached hydrogen (secondary N) is 1. The van der Waals surface area contributed by atoms with Crippen molar-refractivity contribution in [3.05, 3.63) is 59.2 Å². The van der Waals surface area contributed by atoms with Gasteiger partial charge in [-0.05, 0) is 36.4 Å². The predicted octanol–water partition coefficient (Wildman–Crippen LogP) is 2.62. The molecule has 0 aliphatic rings. The second kappa shape index (κ2) is 5.58. The van der Waals surface area contributed by atoms with Crippen molar-refractivity contribution in [1.82, 2.24) is 0 Å². The van der Waals surface area contributed by atoms with Crippen molar-refractivity contribution in [2.24, 2.45) is 0 Å². The summed E-state index contributed by atoms with van der Waals surface area (Å²) in [5.41, 5.74) is -1.02. The summed E-state index contributed by atoms with van der Waals surface area (Å²) in [6, 6.07) is 5.45. The molecule has 0 fully saturated rings. The summed E-state index contributed by atoms with van der Waals surface area (Å²) in [5.74, 6) is -4.31. The molecule has 0 bridgehead atoms. The van der Waals surface area contributed by atoms with Crippen molar-refractivity contribution < 1.29 is 28.6 Å². The fourth-order valence-corrected chi connectivity index (χ4v) is 1.69. The molecule has 0 unspecified atom stereocenters. The average molecular weight is 293 g/mol. The third-order valence-corrected chi connectivity index (χ3v) is 2.66. The fourth-order valence-electron chi connectivity index (χ4n) is 1.69. The second-order valence-electron chi connectivity index (χ2n) is 4.11. The molecule has 2 aromatic rings. The van der Waals surface area contributed by atoms with Gasteiger partial charge < -0.3 is 15.5 Å². The monoisotopic (exact) mass is 293 g/mol. The van der Waals surface area contributed by atoms with Gasteiger partial charge in [-0.2, -0.15) is 0 Å². The van der Waals surface area contributed by atoms with E-state index in [1.165, 1.54) is 0 Å². The Morgan fingerprint density at radius 2 is 1.57 bits per heavy atom. The molecular weight excluding hydrogens is 284 g/mol. The van der Waals surface area contributed by atoms with Gasteiger partial charge in [-0.1, -0.05) is 0 Å². The summed E-state index contributed by atoms with van der Waals surface area (Å²) in [5, 5.41) is 20.6. The highest BCUT2D eigenvalue weighted by Crippen LogP contribution is 2.22. The van der Waals surface area contributed by atoms with Gasteiger partial charge in [0.05, 0.1) is 16.8 Å². The first-order chi connectivity index (χ1) is 9.88. The molecule has 21 heavy (non-hydrogen) atoms. The van der Waals surface area contributed by atoms with Crippen LogP contribution in [0.4, 0.5) is 14.5 Å². The number of phenols is 1. The van der Waals surface area contributed by atoms with E-state index in [4.69, 9.17) is 5.11 Å². The first kappa shape index (κ1) is 14.4. The molecule has 0 saturated heterocycles. The smallest absolute Gasteiger partial charge is 0.337 e. The third kappa shape index (κ3) is 3.14. The highest BCUT2D eigenvalue weighted by atomic mass is 19.1. The van der Waals surface area contributed by atoms with Crippen LogP contribution in [0, 0.1) is 11.6 Å². The van der Waals surface area contributed by atoms with Crippen LogP contribution >= 0.6 is 0 Å². The second-order valence-corrected chi connectivity index (χ2v) is 4.11. The number of hydrogen-bond acceptors (Lipinski definition) is 3. The Bertz CT molecular complexity index is 731. The number of carboxylic acid groups (broad SMARTS) is 1. The normalized spacial score (nSPS) is 10.2. The predicted molar refractivity (Wildman–Crippen MR) is 69.4 cm³/mol. The van der Waals surface area contributed by atoms with E-state index in [0.717, 1.165) is 36.4 Å². The van der Waals surface area contributed by atoms with Gasteiger partial charge in [0.2, 0.25) is 0 Å². The lowest BCUT2D eigenvalue weighted by Crippen LogP contribution is -2.15. The van der Waals surface area contributed by atoms with Crippen LogP contribution in [0.3, 0.4) is 0 Å². The van der Waals surface area contributed by atoms with Crippen LogP contribution in [0.2, 0.25) is 0 Å². The van der Waals surface area contributed by atoms with E-state index < -0.39 is 34.8 Å². The minimum atomic E-state index is -1.37. The maximum absolute atomic E-state index is 13.2. The number of carbonyl (C=O) groups is 2. The van der Waals surface area contributed by atoms with E-state index in [-0.39, 0.29) is 11.3 Å². The minimum absolute atomic E-state index is 0.295. The topological polar surface area (TPSA) is 86.6 Å². The third-order valence-electron chi connectivity index (χ3n) is 2.66. The molecule has 2 aromatic carbocycles. The van der Waals surface area contributed by atoms with E-state index in [1.54, 1.807) is 0 Å².